The van der Waals surface area contributed by atoms with Crippen LogP contribution in [0.2, 0.25) is 0 Å². The summed E-state index contributed by atoms with van der Waals surface area (Å²) >= 11 is 1.76. The second-order valence-corrected chi connectivity index (χ2v) is 3.94. The van der Waals surface area contributed by atoms with E-state index >= 15 is 0 Å². The lowest BCUT2D eigenvalue weighted by Crippen LogP contribution is -2.03. The molecule has 1 unspecified atom stereocenters. The molecule has 2 aromatic rings. The first-order valence-electron chi connectivity index (χ1n) is 4.29. The van der Waals surface area contributed by atoms with Gasteiger partial charge in [-0.15, -0.1) is 0 Å². The van der Waals surface area contributed by atoms with E-state index in [-0.39, 0.29) is 0 Å². The van der Waals surface area contributed by atoms with Crippen molar-refractivity contribution in [1.82, 2.24) is 9.55 Å². The van der Waals surface area contributed by atoms with E-state index in [2.05, 4.69) is 34.2 Å². The minimum Gasteiger partial charge on any atom is -0.330 e. The molecule has 0 bridgehead atoms. The van der Waals surface area contributed by atoms with Crippen molar-refractivity contribution in [2.75, 3.05) is 0 Å². The smallest absolute Gasteiger partial charge is 0.0951 e. The zero-order valence-electron chi connectivity index (χ0n) is 7.77. The molecule has 2 aromatic heterocycles. The van der Waals surface area contributed by atoms with Gasteiger partial charge in [0.2, 0.25) is 0 Å². The van der Waals surface area contributed by atoms with Crippen LogP contribution in [0.4, 0.5) is 0 Å². The highest BCUT2D eigenvalue weighted by Gasteiger charge is 2.09. The second-order valence-electron chi connectivity index (χ2n) is 3.20. The molecule has 0 saturated carbocycles. The minimum atomic E-state index is 0.397. The maximum absolute atomic E-state index is 4.05. The van der Waals surface area contributed by atoms with E-state index in [1.807, 2.05) is 18.7 Å². The van der Waals surface area contributed by atoms with Crippen LogP contribution in [-0.4, -0.2) is 9.55 Å². The standard InChI is InChI=1S/C10H12N2S/c1-8-5-13-6-10(8)9(2)12-4-3-11-7-12/h3-7,9H,1-2H3. The highest BCUT2D eigenvalue weighted by Crippen LogP contribution is 2.24. The van der Waals surface area contributed by atoms with E-state index in [0.29, 0.717) is 6.04 Å². The number of aryl methyl sites for hydroxylation is 1. The Morgan fingerprint density at radius 3 is 2.85 bits per heavy atom. The van der Waals surface area contributed by atoms with Crippen molar-refractivity contribution < 1.29 is 0 Å². The predicted octanol–water partition coefficient (Wildman–Crippen LogP) is 2.86. The van der Waals surface area contributed by atoms with Gasteiger partial charge in [0, 0.05) is 12.4 Å². The lowest BCUT2D eigenvalue weighted by molar-refractivity contribution is 0.637. The van der Waals surface area contributed by atoms with Crippen LogP contribution in [0.3, 0.4) is 0 Å². The molecule has 13 heavy (non-hydrogen) atoms. The Morgan fingerprint density at radius 2 is 2.31 bits per heavy atom. The van der Waals surface area contributed by atoms with Gasteiger partial charge in [-0.1, -0.05) is 0 Å². The molecule has 0 radical (unpaired) electrons. The molecule has 0 aliphatic carbocycles. The van der Waals surface area contributed by atoms with Crippen molar-refractivity contribution in [1.29, 1.82) is 0 Å². The van der Waals surface area contributed by atoms with Crippen LogP contribution in [0, 0.1) is 6.92 Å². The van der Waals surface area contributed by atoms with Crippen molar-refractivity contribution >= 4 is 11.3 Å². The number of nitrogens with zero attached hydrogens (tertiary/aromatic N) is 2. The van der Waals surface area contributed by atoms with Crippen LogP contribution in [-0.2, 0) is 0 Å². The Bertz CT molecular complexity index is 375. The monoisotopic (exact) mass is 192 g/mol. The fraction of sp³-hybridized carbons (Fsp3) is 0.300. The molecule has 0 aliphatic rings. The summed E-state index contributed by atoms with van der Waals surface area (Å²) in [5, 5.41) is 4.39. The Kier molecular flexibility index (Phi) is 2.19. The first-order chi connectivity index (χ1) is 6.29. The topological polar surface area (TPSA) is 17.8 Å². The minimum absolute atomic E-state index is 0.397. The zero-order chi connectivity index (χ0) is 9.26. The van der Waals surface area contributed by atoms with Gasteiger partial charge in [0.1, 0.15) is 0 Å². The Morgan fingerprint density at radius 1 is 1.46 bits per heavy atom. The number of rotatable bonds is 2. The van der Waals surface area contributed by atoms with Gasteiger partial charge in [0.25, 0.3) is 0 Å². The summed E-state index contributed by atoms with van der Waals surface area (Å²) in [4.78, 5) is 4.05. The van der Waals surface area contributed by atoms with E-state index in [4.69, 9.17) is 0 Å². The zero-order valence-corrected chi connectivity index (χ0v) is 8.58. The van der Waals surface area contributed by atoms with E-state index in [9.17, 15) is 0 Å². The van der Waals surface area contributed by atoms with Crippen LogP contribution in [0.5, 0.6) is 0 Å². The van der Waals surface area contributed by atoms with Crippen molar-refractivity contribution in [3.05, 3.63) is 40.6 Å². The summed E-state index contributed by atoms with van der Waals surface area (Å²) in [6.45, 7) is 4.34. The highest BCUT2D eigenvalue weighted by atomic mass is 32.1. The SMILES string of the molecule is Cc1cscc1C(C)n1ccnc1. The molecule has 0 aromatic carbocycles. The maximum Gasteiger partial charge on any atom is 0.0951 e. The van der Waals surface area contributed by atoms with Gasteiger partial charge in [-0.2, -0.15) is 11.3 Å². The van der Waals surface area contributed by atoms with Gasteiger partial charge in [-0.25, -0.2) is 4.98 Å². The van der Waals surface area contributed by atoms with Crippen molar-refractivity contribution in [3.8, 4) is 0 Å². The van der Waals surface area contributed by atoms with E-state index in [1.165, 1.54) is 11.1 Å². The molecule has 0 fully saturated rings. The fourth-order valence-corrected chi connectivity index (χ4v) is 2.40. The molecule has 0 amide bonds. The van der Waals surface area contributed by atoms with Gasteiger partial charge >= 0.3 is 0 Å². The number of hydrogen-bond donors (Lipinski definition) is 0. The summed E-state index contributed by atoms with van der Waals surface area (Å²) < 4.78 is 2.12. The Labute approximate surface area is 81.9 Å². The molecule has 2 heterocycles. The summed E-state index contributed by atoms with van der Waals surface area (Å²) in [5.41, 5.74) is 2.76. The summed E-state index contributed by atoms with van der Waals surface area (Å²) in [5.74, 6) is 0. The molecule has 1 atom stereocenters. The van der Waals surface area contributed by atoms with Crippen LogP contribution in [0.1, 0.15) is 24.1 Å². The van der Waals surface area contributed by atoms with Gasteiger partial charge in [0.15, 0.2) is 0 Å². The van der Waals surface area contributed by atoms with Crippen LogP contribution in [0.25, 0.3) is 0 Å². The lowest BCUT2D eigenvalue weighted by Gasteiger charge is -2.12. The molecular weight excluding hydrogens is 180 g/mol. The Balaban J connectivity index is 2.33. The summed E-state index contributed by atoms with van der Waals surface area (Å²) in [6.07, 6.45) is 5.68. The third-order valence-corrected chi connectivity index (χ3v) is 3.20. The number of aromatic nitrogens is 2. The highest BCUT2D eigenvalue weighted by molar-refractivity contribution is 7.08. The number of imidazole rings is 1. The predicted molar refractivity (Wildman–Crippen MR) is 55.1 cm³/mol. The third kappa shape index (κ3) is 1.52. The van der Waals surface area contributed by atoms with E-state index in [0.717, 1.165) is 0 Å². The molecule has 0 saturated heterocycles. The first kappa shape index (κ1) is 8.51. The van der Waals surface area contributed by atoms with Crippen molar-refractivity contribution in [2.45, 2.75) is 19.9 Å². The van der Waals surface area contributed by atoms with Gasteiger partial charge in [-0.3, -0.25) is 0 Å². The molecular formula is C10H12N2S. The normalized spacial score (nSPS) is 13.1. The Hall–Kier alpha value is -1.09. The summed E-state index contributed by atoms with van der Waals surface area (Å²) in [7, 11) is 0. The average Bonchev–Trinajstić information content (AvgIpc) is 2.72. The quantitative estimate of drug-likeness (QED) is 0.715. The fourth-order valence-electron chi connectivity index (χ4n) is 1.46. The molecule has 68 valence electrons. The number of hydrogen-bond acceptors (Lipinski definition) is 2. The van der Waals surface area contributed by atoms with Crippen LogP contribution >= 0.6 is 11.3 Å². The molecule has 2 rings (SSSR count). The lowest BCUT2D eigenvalue weighted by atomic mass is 10.1. The number of thiophene rings is 1. The van der Waals surface area contributed by atoms with Gasteiger partial charge < -0.3 is 4.57 Å². The molecule has 2 nitrogen and oxygen atoms in total. The summed E-state index contributed by atoms with van der Waals surface area (Å²) in [6, 6.07) is 0.397. The largest absolute Gasteiger partial charge is 0.330 e. The van der Waals surface area contributed by atoms with E-state index < -0.39 is 0 Å². The average molecular weight is 192 g/mol. The molecule has 0 N–H and O–H groups in total. The molecule has 0 spiro atoms. The molecule has 0 aliphatic heterocycles. The molecule has 3 heteroatoms. The van der Waals surface area contributed by atoms with Gasteiger partial charge in [0.05, 0.1) is 12.4 Å². The first-order valence-corrected chi connectivity index (χ1v) is 5.23. The van der Waals surface area contributed by atoms with Gasteiger partial charge in [-0.05, 0) is 35.7 Å². The third-order valence-electron chi connectivity index (χ3n) is 2.32. The van der Waals surface area contributed by atoms with Crippen molar-refractivity contribution in [2.24, 2.45) is 0 Å². The second kappa shape index (κ2) is 3.34. The van der Waals surface area contributed by atoms with Crippen molar-refractivity contribution in [3.63, 3.8) is 0 Å². The van der Waals surface area contributed by atoms with Crippen LogP contribution < -0.4 is 0 Å². The van der Waals surface area contributed by atoms with E-state index in [1.54, 1.807) is 11.3 Å². The van der Waals surface area contributed by atoms with Crippen LogP contribution in [0.15, 0.2) is 29.5 Å². The maximum atomic E-state index is 4.05.